The summed E-state index contributed by atoms with van der Waals surface area (Å²) in [5, 5.41) is 14.9. The molecule has 1 N–H and O–H groups in total. The number of imidazole rings is 1. The lowest BCUT2D eigenvalue weighted by molar-refractivity contribution is -0.384. The van der Waals surface area contributed by atoms with Crippen molar-refractivity contribution in [2.24, 2.45) is 0 Å². The maximum absolute atomic E-state index is 10.9. The highest BCUT2D eigenvalue weighted by molar-refractivity contribution is 7.22. The molecule has 0 bridgehead atoms. The summed E-state index contributed by atoms with van der Waals surface area (Å²) in [5.74, 6) is 0.975. The molecule has 2 aromatic carbocycles. The molecule has 126 valence electrons. The summed E-state index contributed by atoms with van der Waals surface area (Å²) >= 11 is 1.42. The van der Waals surface area contributed by atoms with E-state index < -0.39 is 0 Å². The third kappa shape index (κ3) is 2.91. The van der Waals surface area contributed by atoms with Gasteiger partial charge in [0.15, 0.2) is 5.13 Å². The molecule has 0 spiro atoms. The molecule has 0 aliphatic rings. The minimum atomic E-state index is -0.390. The molecule has 8 heteroatoms. The van der Waals surface area contributed by atoms with Crippen LogP contribution >= 0.6 is 11.3 Å². The average molecular weight is 353 g/mol. The number of non-ortho nitro benzene ring substituents is 1. The number of aryl methyl sites for hydroxylation is 1. The van der Waals surface area contributed by atoms with Crippen LogP contribution in [0.15, 0.2) is 42.5 Å². The predicted molar refractivity (Wildman–Crippen MR) is 99.2 cm³/mol. The maximum Gasteiger partial charge on any atom is 0.270 e. The van der Waals surface area contributed by atoms with E-state index in [1.807, 2.05) is 25.1 Å². The summed E-state index contributed by atoms with van der Waals surface area (Å²) in [5.41, 5.74) is 2.96. The molecule has 0 aliphatic carbocycles. The quantitative estimate of drug-likeness (QED) is 0.433. The number of nitrogens with zero attached hydrogens (tertiary/aromatic N) is 4. The number of rotatable bonds is 5. The van der Waals surface area contributed by atoms with E-state index in [9.17, 15) is 10.1 Å². The maximum atomic E-state index is 10.9. The standard InChI is InChI=1S/C17H15N5O2S/c1-11-19-13-4-2-3-5-15(13)21(11)9-8-18-17-20-14-7-6-12(22(23)24)10-16(14)25-17/h2-7,10H,8-9H2,1H3,(H,18,20). The van der Waals surface area contributed by atoms with Gasteiger partial charge in [-0.15, -0.1) is 0 Å². The highest BCUT2D eigenvalue weighted by atomic mass is 32.1. The predicted octanol–water partition coefficient (Wildman–Crippen LogP) is 3.97. The number of hydrogen-bond donors (Lipinski definition) is 1. The molecule has 0 saturated carbocycles. The Labute approximate surface area is 147 Å². The van der Waals surface area contributed by atoms with Crippen molar-refractivity contribution in [3.8, 4) is 0 Å². The van der Waals surface area contributed by atoms with Crippen molar-refractivity contribution in [2.75, 3.05) is 11.9 Å². The fourth-order valence-corrected chi connectivity index (χ4v) is 3.78. The van der Waals surface area contributed by atoms with E-state index in [0.717, 1.165) is 38.8 Å². The molecule has 0 fully saturated rings. The number of nitro benzene ring substituents is 1. The lowest BCUT2D eigenvalue weighted by Crippen LogP contribution is -2.11. The van der Waals surface area contributed by atoms with Crippen LogP contribution in [0.1, 0.15) is 5.82 Å². The van der Waals surface area contributed by atoms with Crippen molar-refractivity contribution in [1.29, 1.82) is 0 Å². The largest absolute Gasteiger partial charge is 0.360 e. The summed E-state index contributed by atoms with van der Waals surface area (Å²) < 4.78 is 2.97. The Morgan fingerprint density at radius 1 is 1.20 bits per heavy atom. The second-order valence-corrected chi connectivity index (χ2v) is 6.68. The topological polar surface area (TPSA) is 85.9 Å². The minimum absolute atomic E-state index is 0.0863. The zero-order chi connectivity index (χ0) is 17.4. The summed E-state index contributed by atoms with van der Waals surface area (Å²) in [7, 11) is 0. The zero-order valence-electron chi connectivity index (χ0n) is 13.5. The zero-order valence-corrected chi connectivity index (χ0v) is 14.3. The number of nitrogens with one attached hydrogen (secondary N) is 1. The van der Waals surface area contributed by atoms with E-state index in [4.69, 9.17) is 0 Å². The summed E-state index contributed by atoms with van der Waals surface area (Å²) in [6.45, 7) is 3.46. The van der Waals surface area contributed by atoms with Crippen LogP contribution in [0.2, 0.25) is 0 Å². The van der Waals surface area contributed by atoms with Crippen LogP contribution in [0.25, 0.3) is 21.3 Å². The van der Waals surface area contributed by atoms with Gasteiger partial charge < -0.3 is 9.88 Å². The number of nitro groups is 1. The molecule has 0 atom stereocenters. The van der Waals surface area contributed by atoms with Crippen LogP contribution < -0.4 is 5.32 Å². The highest BCUT2D eigenvalue weighted by Crippen LogP contribution is 2.29. The summed E-state index contributed by atoms with van der Waals surface area (Å²) in [6.07, 6.45) is 0. The second-order valence-electron chi connectivity index (χ2n) is 5.65. The normalized spacial score (nSPS) is 11.2. The first-order valence-corrected chi connectivity index (χ1v) is 8.64. The Morgan fingerprint density at radius 2 is 2.04 bits per heavy atom. The van der Waals surface area contributed by atoms with Crippen molar-refractivity contribution in [1.82, 2.24) is 14.5 Å². The molecule has 4 rings (SSSR count). The fourth-order valence-electron chi connectivity index (χ4n) is 2.86. The number of thiazole rings is 1. The van der Waals surface area contributed by atoms with Gasteiger partial charge in [0.2, 0.25) is 0 Å². The molecule has 2 heterocycles. The fraction of sp³-hybridized carbons (Fsp3) is 0.176. The Hall–Kier alpha value is -3.00. The molecule has 0 saturated heterocycles. The third-order valence-corrected chi connectivity index (χ3v) is 5.02. The molecular weight excluding hydrogens is 338 g/mol. The van der Waals surface area contributed by atoms with Crippen LogP contribution in [-0.2, 0) is 6.54 Å². The van der Waals surface area contributed by atoms with Gasteiger partial charge in [0.1, 0.15) is 5.82 Å². The highest BCUT2D eigenvalue weighted by Gasteiger charge is 2.11. The lowest BCUT2D eigenvalue weighted by atomic mass is 10.3. The molecule has 25 heavy (non-hydrogen) atoms. The molecule has 0 aliphatic heterocycles. The molecule has 0 unspecified atom stereocenters. The number of benzene rings is 2. The van der Waals surface area contributed by atoms with E-state index in [0.29, 0.717) is 6.54 Å². The van der Waals surface area contributed by atoms with E-state index >= 15 is 0 Å². The van der Waals surface area contributed by atoms with Crippen LogP contribution in [0.3, 0.4) is 0 Å². The van der Waals surface area contributed by atoms with E-state index in [1.54, 1.807) is 12.1 Å². The van der Waals surface area contributed by atoms with Gasteiger partial charge in [0.05, 0.1) is 26.2 Å². The van der Waals surface area contributed by atoms with Gasteiger partial charge in [-0.1, -0.05) is 23.5 Å². The van der Waals surface area contributed by atoms with Crippen LogP contribution in [0, 0.1) is 17.0 Å². The Kier molecular flexibility index (Phi) is 3.81. The number of fused-ring (bicyclic) bond motifs is 2. The molecule has 2 aromatic heterocycles. The van der Waals surface area contributed by atoms with Gasteiger partial charge in [0.25, 0.3) is 5.69 Å². The molecule has 0 radical (unpaired) electrons. The van der Waals surface area contributed by atoms with Crippen LogP contribution in [-0.4, -0.2) is 26.0 Å². The number of para-hydroxylation sites is 2. The molecule has 4 aromatic rings. The Morgan fingerprint density at radius 3 is 2.88 bits per heavy atom. The summed E-state index contributed by atoms with van der Waals surface area (Å²) in [6, 6.07) is 12.8. The van der Waals surface area contributed by atoms with Crippen molar-refractivity contribution in [2.45, 2.75) is 13.5 Å². The second kappa shape index (κ2) is 6.14. The van der Waals surface area contributed by atoms with Gasteiger partial charge in [-0.05, 0) is 25.1 Å². The molecule has 7 nitrogen and oxygen atoms in total. The monoisotopic (exact) mass is 353 g/mol. The van der Waals surface area contributed by atoms with E-state index in [2.05, 4.69) is 25.9 Å². The SMILES string of the molecule is Cc1nc2ccccc2n1CCNc1nc2ccc([N+](=O)[O-])cc2s1. The van der Waals surface area contributed by atoms with Gasteiger partial charge in [-0.2, -0.15) is 0 Å². The first-order chi connectivity index (χ1) is 12.1. The van der Waals surface area contributed by atoms with E-state index in [-0.39, 0.29) is 10.6 Å². The first-order valence-electron chi connectivity index (χ1n) is 7.82. The first kappa shape index (κ1) is 15.5. The Bertz CT molecular complexity index is 1090. The van der Waals surface area contributed by atoms with Crippen molar-refractivity contribution in [3.05, 3.63) is 58.4 Å². The Balaban J connectivity index is 1.50. The summed E-state index contributed by atoms with van der Waals surface area (Å²) in [4.78, 5) is 19.5. The number of aromatic nitrogens is 3. The van der Waals surface area contributed by atoms with Gasteiger partial charge in [-0.3, -0.25) is 10.1 Å². The van der Waals surface area contributed by atoms with Gasteiger partial charge in [-0.25, -0.2) is 9.97 Å². The number of anilines is 1. The molecular formula is C17H15N5O2S. The van der Waals surface area contributed by atoms with Crippen molar-refractivity contribution >= 4 is 43.4 Å². The van der Waals surface area contributed by atoms with Gasteiger partial charge >= 0.3 is 0 Å². The van der Waals surface area contributed by atoms with Crippen LogP contribution in [0.4, 0.5) is 10.8 Å². The van der Waals surface area contributed by atoms with Crippen molar-refractivity contribution in [3.63, 3.8) is 0 Å². The van der Waals surface area contributed by atoms with Crippen molar-refractivity contribution < 1.29 is 4.92 Å². The average Bonchev–Trinajstić information content (AvgIpc) is 3.14. The smallest absolute Gasteiger partial charge is 0.270 e. The minimum Gasteiger partial charge on any atom is -0.360 e. The number of hydrogen-bond acceptors (Lipinski definition) is 6. The lowest BCUT2D eigenvalue weighted by Gasteiger charge is -2.07. The van der Waals surface area contributed by atoms with E-state index in [1.165, 1.54) is 17.4 Å². The third-order valence-electron chi connectivity index (χ3n) is 4.04. The molecule has 0 amide bonds. The van der Waals surface area contributed by atoms with Gasteiger partial charge in [0, 0.05) is 25.2 Å². The van der Waals surface area contributed by atoms with Crippen LogP contribution in [0.5, 0.6) is 0 Å².